The zero-order chi connectivity index (χ0) is 14.5. The normalized spacial score (nSPS) is 12.6. The average Bonchev–Trinajstić information content (AvgIpc) is 2.39. The number of benzene rings is 1. The van der Waals surface area contributed by atoms with Crippen molar-refractivity contribution in [2.45, 2.75) is 26.2 Å². The number of anilines is 1. The summed E-state index contributed by atoms with van der Waals surface area (Å²) in [6, 6.07) is 9.67. The molecule has 1 aromatic rings. The van der Waals surface area contributed by atoms with Crippen molar-refractivity contribution in [3.63, 3.8) is 0 Å². The van der Waals surface area contributed by atoms with E-state index in [1.807, 2.05) is 52.1 Å². The third-order valence-electron chi connectivity index (χ3n) is 3.11. The van der Waals surface area contributed by atoms with Gasteiger partial charge in [-0.2, -0.15) is 5.26 Å². The lowest BCUT2D eigenvalue weighted by Gasteiger charge is -2.16. The van der Waals surface area contributed by atoms with E-state index in [0.29, 0.717) is 6.54 Å². The number of nitrogens with one attached hydrogen (secondary N) is 2. The molecular formula is C15H21N3O. The molecular weight excluding hydrogens is 238 g/mol. The Labute approximate surface area is 114 Å². The van der Waals surface area contributed by atoms with Gasteiger partial charge in [0.1, 0.15) is 0 Å². The average molecular weight is 259 g/mol. The molecule has 1 aromatic carbocycles. The zero-order valence-corrected chi connectivity index (χ0v) is 11.9. The van der Waals surface area contributed by atoms with Crippen LogP contribution in [0.15, 0.2) is 24.3 Å². The first-order valence-electron chi connectivity index (χ1n) is 6.38. The molecule has 0 radical (unpaired) electrons. The first-order valence-corrected chi connectivity index (χ1v) is 6.38. The largest absolute Gasteiger partial charge is 0.326 e. The Kier molecular flexibility index (Phi) is 5.08. The predicted octanol–water partition coefficient (Wildman–Crippen LogP) is 2.28. The molecule has 0 saturated heterocycles. The van der Waals surface area contributed by atoms with Crippen LogP contribution in [0.5, 0.6) is 0 Å². The number of nitriles is 1. The van der Waals surface area contributed by atoms with E-state index in [9.17, 15) is 4.79 Å². The van der Waals surface area contributed by atoms with Crippen molar-refractivity contribution in [1.29, 1.82) is 5.26 Å². The molecule has 102 valence electrons. The smallest absolute Gasteiger partial charge is 0.228 e. The fraction of sp³-hybridized carbons (Fsp3) is 0.467. The number of hydrogen-bond donors (Lipinski definition) is 2. The third kappa shape index (κ3) is 4.08. The van der Waals surface area contributed by atoms with E-state index in [1.165, 1.54) is 0 Å². The van der Waals surface area contributed by atoms with E-state index in [2.05, 4.69) is 16.7 Å². The molecule has 0 aromatic heterocycles. The Bertz CT molecular complexity index is 471. The molecule has 0 saturated carbocycles. The standard InChI is InChI=1S/C15H21N3O/c1-11(9-17-4)14(19)18-13-7-5-12(6-8-13)15(2,3)10-16/h5-8,11,17H,9H2,1-4H3,(H,18,19). The first kappa shape index (κ1) is 15.2. The molecule has 2 N–H and O–H groups in total. The second-order valence-electron chi connectivity index (χ2n) is 5.26. The van der Waals surface area contributed by atoms with Crippen LogP contribution in [0.2, 0.25) is 0 Å². The molecule has 1 amide bonds. The Morgan fingerprint density at radius 3 is 2.42 bits per heavy atom. The van der Waals surface area contributed by atoms with E-state index in [4.69, 9.17) is 5.26 Å². The van der Waals surface area contributed by atoms with Gasteiger partial charge in [-0.25, -0.2) is 0 Å². The highest BCUT2D eigenvalue weighted by molar-refractivity contribution is 5.92. The zero-order valence-electron chi connectivity index (χ0n) is 11.9. The monoisotopic (exact) mass is 259 g/mol. The highest BCUT2D eigenvalue weighted by Crippen LogP contribution is 2.23. The van der Waals surface area contributed by atoms with Gasteiger partial charge in [-0.1, -0.05) is 19.1 Å². The van der Waals surface area contributed by atoms with Gasteiger partial charge < -0.3 is 10.6 Å². The minimum absolute atomic E-state index is 0.0124. The quantitative estimate of drug-likeness (QED) is 0.852. The molecule has 0 aliphatic rings. The van der Waals surface area contributed by atoms with Crippen molar-refractivity contribution in [1.82, 2.24) is 5.32 Å². The lowest BCUT2D eigenvalue weighted by atomic mass is 9.86. The van der Waals surface area contributed by atoms with Gasteiger partial charge in [0.05, 0.1) is 11.5 Å². The van der Waals surface area contributed by atoms with Gasteiger partial charge in [0.25, 0.3) is 0 Å². The van der Waals surface area contributed by atoms with Crippen molar-refractivity contribution in [2.75, 3.05) is 18.9 Å². The number of nitrogens with zero attached hydrogens (tertiary/aromatic N) is 1. The van der Waals surface area contributed by atoms with Gasteiger partial charge in [-0.3, -0.25) is 4.79 Å². The Morgan fingerprint density at radius 2 is 1.95 bits per heavy atom. The third-order valence-corrected chi connectivity index (χ3v) is 3.11. The van der Waals surface area contributed by atoms with E-state index in [0.717, 1.165) is 11.3 Å². The molecule has 0 aliphatic heterocycles. The minimum Gasteiger partial charge on any atom is -0.326 e. The predicted molar refractivity (Wildman–Crippen MR) is 76.8 cm³/mol. The summed E-state index contributed by atoms with van der Waals surface area (Å²) in [4.78, 5) is 11.8. The van der Waals surface area contributed by atoms with E-state index >= 15 is 0 Å². The number of amides is 1. The van der Waals surface area contributed by atoms with Crippen LogP contribution in [0.3, 0.4) is 0 Å². The Balaban J connectivity index is 2.73. The summed E-state index contributed by atoms with van der Waals surface area (Å²) in [6.45, 7) is 6.26. The maximum absolute atomic E-state index is 11.8. The van der Waals surface area contributed by atoms with Crippen LogP contribution in [-0.4, -0.2) is 19.5 Å². The number of carbonyl (C=O) groups excluding carboxylic acids is 1. The highest BCUT2D eigenvalue weighted by atomic mass is 16.1. The molecule has 0 spiro atoms. The van der Waals surface area contributed by atoms with Crippen LogP contribution in [0, 0.1) is 17.2 Å². The van der Waals surface area contributed by atoms with Crippen LogP contribution < -0.4 is 10.6 Å². The van der Waals surface area contributed by atoms with Gasteiger partial charge >= 0.3 is 0 Å². The van der Waals surface area contributed by atoms with Gasteiger partial charge in [-0.05, 0) is 38.6 Å². The van der Waals surface area contributed by atoms with Crippen LogP contribution in [0.1, 0.15) is 26.3 Å². The molecule has 1 rings (SSSR count). The van der Waals surface area contributed by atoms with Gasteiger partial charge in [0.2, 0.25) is 5.91 Å². The fourth-order valence-corrected chi connectivity index (χ4v) is 1.70. The summed E-state index contributed by atoms with van der Waals surface area (Å²) >= 11 is 0. The molecule has 0 bridgehead atoms. The maximum Gasteiger partial charge on any atom is 0.228 e. The van der Waals surface area contributed by atoms with Crippen molar-refractivity contribution >= 4 is 11.6 Å². The molecule has 4 heteroatoms. The summed E-state index contributed by atoms with van der Waals surface area (Å²) in [6.07, 6.45) is 0. The van der Waals surface area contributed by atoms with Gasteiger partial charge in [0.15, 0.2) is 0 Å². The highest BCUT2D eigenvalue weighted by Gasteiger charge is 2.19. The van der Waals surface area contributed by atoms with Crippen molar-refractivity contribution < 1.29 is 4.79 Å². The van der Waals surface area contributed by atoms with Crippen molar-refractivity contribution in [3.05, 3.63) is 29.8 Å². The van der Waals surface area contributed by atoms with Crippen LogP contribution in [0.25, 0.3) is 0 Å². The molecule has 19 heavy (non-hydrogen) atoms. The van der Waals surface area contributed by atoms with Crippen molar-refractivity contribution in [2.24, 2.45) is 5.92 Å². The van der Waals surface area contributed by atoms with E-state index < -0.39 is 5.41 Å². The molecule has 1 unspecified atom stereocenters. The number of hydrogen-bond acceptors (Lipinski definition) is 3. The van der Waals surface area contributed by atoms with Gasteiger partial charge in [-0.15, -0.1) is 0 Å². The first-order chi connectivity index (χ1) is 8.90. The second-order valence-corrected chi connectivity index (χ2v) is 5.26. The lowest BCUT2D eigenvalue weighted by molar-refractivity contribution is -0.119. The fourth-order valence-electron chi connectivity index (χ4n) is 1.70. The summed E-state index contributed by atoms with van der Waals surface area (Å²) in [5.74, 6) is -0.0955. The second kappa shape index (κ2) is 6.35. The molecule has 4 nitrogen and oxygen atoms in total. The number of rotatable bonds is 5. The lowest BCUT2D eigenvalue weighted by Crippen LogP contribution is -2.28. The van der Waals surface area contributed by atoms with E-state index in [1.54, 1.807) is 0 Å². The molecule has 0 aliphatic carbocycles. The number of carbonyl (C=O) groups is 1. The molecule has 0 fully saturated rings. The van der Waals surface area contributed by atoms with E-state index in [-0.39, 0.29) is 11.8 Å². The Morgan fingerprint density at radius 1 is 1.37 bits per heavy atom. The molecule has 1 atom stereocenters. The summed E-state index contributed by atoms with van der Waals surface area (Å²) in [5.41, 5.74) is 1.18. The van der Waals surface area contributed by atoms with Crippen molar-refractivity contribution in [3.8, 4) is 6.07 Å². The Hall–Kier alpha value is -1.86. The topological polar surface area (TPSA) is 64.9 Å². The maximum atomic E-state index is 11.8. The minimum atomic E-state index is -0.512. The van der Waals surface area contributed by atoms with Gasteiger partial charge in [0, 0.05) is 18.2 Å². The van der Waals surface area contributed by atoms with Crippen LogP contribution >= 0.6 is 0 Å². The summed E-state index contributed by atoms with van der Waals surface area (Å²) < 4.78 is 0. The summed E-state index contributed by atoms with van der Waals surface area (Å²) in [7, 11) is 1.82. The van der Waals surface area contributed by atoms with Crippen LogP contribution in [0.4, 0.5) is 5.69 Å². The van der Waals surface area contributed by atoms with Crippen LogP contribution in [-0.2, 0) is 10.2 Å². The summed E-state index contributed by atoms with van der Waals surface area (Å²) in [5, 5.41) is 14.9. The SMILES string of the molecule is CNCC(C)C(=O)Nc1ccc(C(C)(C)C#N)cc1. The molecule has 0 heterocycles.